The third-order valence-electron chi connectivity index (χ3n) is 2.04. The Morgan fingerprint density at radius 1 is 1.79 bits per heavy atom. The van der Waals surface area contributed by atoms with Crippen LogP contribution in [0.25, 0.3) is 0 Å². The first kappa shape index (κ1) is 9.35. The number of hydrogen-bond donors (Lipinski definition) is 2. The first-order chi connectivity index (χ1) is 6.61. The zero-order valence-corrected chi connectivity index (χ0v) is 7.86. The maximum Gasteiger partial charge on any atom is 0.512 e. The third kappa shape index (κ3) is 1.25. The van der Waals surface area contributed by atoms with Gasteiger partial charge in [0.2, 0.25) is 11.8 Å². The van der Waals surface area contributed by atoms with Gasteiger partial charge in [0.15, 0.2) is 0 Å². The Labute approximate surface area is 83.7 Å². The molecule has 1 saturated heterocycles. The van der Waals surface area contributed by atoms with E-state index in [0.717, 1.165) is 0 Å². The number of rotatable bonds is 1. The number of amides is 1. The molecule has 1 fully saturated rings. The lowest BCUT2D eigenvalue weighted by molar-refractivity contribution is -0.144. The monoisotopic (exact) mass is 216 g/mol. The van der Waals surface area contributed by atoms with Gasteiger partial charge in [-0.15, -0.1) is 11.8 Å². The first-order valence-corrected chi connectivity index (χ1v) is 4.97. The van der Waals surface area contributed by atoms with Crippen LogP contribution in [0.15, 0.2) is 12.0 Å². The van der Waals surface area contributed by atoms with Gasteiger partial charge < -0.3 is 15.6 Å². The first-order valence-electron chi connectivity index (χ1n) is 3.92. The molecule has 6 nitrogen and oxygen atoms in total. The molecular weight excluding hydrogens is 208 g/mol. The number of β-lactam (4-membered cyclic amide) rings is 1. The highest BCUT2D eigenvalue weighted by molar-refractivity contribution is 8.00. The molecule has 0 aromatic rings. The number of ether oxygens (including phenoxy) is 1. The average molecular weight is 216 g/mol. The van der Waals surface area contributed by atoms with Crippen LogP contribution >= 0.6 is 11.8 Å². The normalized spacial score (nSPS) is 30.2. The van der Waals surface area contributed by atoms with Gasteiger partial charge in [0.25, 0.3) is 0 Å². The van der Waals surface area contributed by atoms with Gasteiger partial charge in [-0.05, 0) is 6.08 Å². The Morgan fingerprint density at radius 3 is 3.14 bits per heavy atom. The van der Waals surface area contributed by atoms with E-state index in [0.29, 0.717) is 5.75 Å². The lowest BCUT2D eigenvalue weighted by Gasteiger charge is -2.46. The fourth-order valence-corrected chi connectivity index (χ4v) is 2.51. The van der Waals surface area contributed by atoms with Gasteiger partial charge in [0, 0.05) is 5.75 Å². The summed E-state index contributed by atoms with van der Waals surface area (Å²) in [6, 6.07) is -0.541. The van der Waals surface area contributed by atoms with Crippen LogP contribution in [0, 0.1) is 0 Å². The van der Waals surface area contributed by atoms with E-state index >= 15 is 0 Å². The summed E-state index contributed by atoms with van der Waals surface area (Å²) in [7, 11) is 0. The summed E-state index contributed by atoms with van der Waals surface area (Å²) >= 11 is 1.49. The molecule has 0 aliphatic carbocycles. The largest absolute Gasteiger partial charge is 0.512 e. The molecule has 2 aliphatic rings. The standard InChI is InChI=1S/C7H8N2O4S/c8-4-5(10)9-3(13-7(11)12)1-2-14-6(4)9/h1,4,6H,2,8H2,(H,11,12)/t4?,6-/m0/s1. The van der Waals surface area contributed by atoms with Crippen molar-refractivity contribution in [1.29, 1.82) is 0 Å². The zero-order valence-electron chi connectivity index (χ0n) is 7.04. The lowest BCUT2D eigenvalue weighted by atomic mass is 10.1. The predicted octanol–water partition coefficient (Wildman–Crippen LogP) is -0.235. The van der Waals surface area contributed by atoms with Crippen LogP contribution in [-0.4, -0.2) is 39.2 Å². The van der Waals surface area contributed by atoms with Crippen molar-refractivity contribution in [2.75, 3.05) is 5.75 Å². The molecule has 0 saturated carbocycles. The number of nitrogens with zero attached hydrogens (tertiary/aromatic N) is 1. The third-order valence-corrected chi connectivity index (χ3v) is 3.24. The summed E-state index contributed by atoms with van der Waals surface area (Å²) in [6.07, 6.45) is 0.133. The van der Waals surface area contributed by atoms with Crippen molar-refractivity contribution in [1.82, 2.24) is 4.90 Å². The Balaban J connectivity index is 2.14. The number of hydrogen-bond acceptors (Lipinski definition) is 5. The van der Waals surface area contributed by atoms with Gasteiger partial charge in [0.1, 0.15) is 11.4 Å². The number of fused-ring (bicyclic) bond motifs is 1. The SMILES string of the molecule is NC1C(=O)N2C(OC(=O)O)=CCS[C@@H]12. The maximum absolute atomic E-state index is 11.3. The van der Waals surface area contributed by atoms with Crippen molar-refractivity contribution in [3.05, 3.63) is 12.0 Å². The van der Waals surface area contributed by atoms with Gasteiger partial charge in [-0.2, -0.15) is 0 Å². The number of carbonyl (C=O) groups is 2. The van der Waals surface area contributed by atoms with Crippen molar-refractivity contribution in [3.63, 3.8) is 0 Å². The topological polar surface area (TPSA) is 92.9 Å². The molecule has 0 aromatic heterocycles. The Kier molecular flexibility index (Phi) is 2.12. The van der Waals surface area contributed by atoms with Crippen LogP contribution in [0.4, 0.5) is 4.79 Å². The molecule has 0 bridgehead atoms. The molecule has 0 radical (unpaired) electrons. The van der Waals surface area contributed by atoms with Gasteiger partial charge in [-0.25, -0.2) is 4.79 Å². The molecular formula is C7H8N2O4S. The van der Waals surface area contributed by atoms with E-state index in [-0.39, 0.29) is 17.2 Å². The van der Waals surface area contributed by atoms with Crippen LogP contribution in [0.2, 0.25) is 0 Å². The fraction of sp³-hybridized carbons (Fsp3) is 0.429. The van der Waals surface area contributed by atoms with Crippen molar-refractivity contribution in [2.45, 2.75) is 11.4 Å². The summed E-state index contributed by atoms with van der Waals surface area (Å²) in [5, 5.41) is 8.23. The van der Waals surface area contributed by atoms with Crippen LogP contribution in [0.5, 0.6) is 0 Å². The lowest BCUT2D eigenvalue weighted by Crippen LogP contribution is -2.67. The Hall–Kier alpha value is -1.21. The van der Waals surface area contributed by atoms with E-state index in [4.69, 9.17) is 10.8 Å². The minimum absolute atomic E-state index is 0.0768. The molecule has 76 valence electrons. The Bertz CT molecular complexity index is 330. The van der Waals surface area contributed by atoms with Gasteiger partial charge in [0.05, 0.1) is 0 Å². The summed E-state index contributed by atoms with van der Waals surface area (Å²) in [5.41, 5.74) is 5.53. The van der Waals surface area contributed by atoms with Crippen LogP contribution in [-0.2, 0) is 9.53 Å². The average Bonchev–Trinajstić information content (AvgIpc) is 2.15. The van der Waals surface area contributed by atoms with Gasteiger partial charge >= 0.3 is 6.16 Å². The number of thioether (sulfide) groups is 1. The van der Waals surface area contributed by atoms with Crippen molar-refractivity contribution in [2.24, 2.45) is 5.73 Å². The highest BCUT2D eigenvalue weighted by atomic mass is 32.2. The molecule has 14 heavy (non-hydrogen) atoms. The second-order valence-corrected chi connectivity index (χ2v) is 4.02. The van der Waals surface area contributed by atoms with Crippen molar-refractivity contribution in [3.8, 4) is 0 Å². The molecule has 7 heteroatoms. The van der Waals surface area contributed by atoms with Crippen LogP contribution in [0.3, 0.4) is 0 Å². The molecule has 2 rings (SSSR count). The van der Waals surface area contributed by atoms with Crippen molar-refractivity contribution >= 4 is 23.8 Å². The van der Waals surface area contributed by atoms with E-state index in [9.17, 15) is 9.59 Å². The number of nitrogens with two attached hydrogens (primary N) is 1. The molecule has 3 N–H and O–H groups in total. The van der Waals surface area contributed by atoms with Crippen LogP contribution < -0.4 is 5.73 Å². The van der Waals surface area contributed by atoms with Crippen LogP contribution in [0.1, 0.15) is 0 Å². The summed E-state index contributed by atoms with van der Waals surface area (Å²) in [5.74, 6) is 0.382. The van der Waals surface area contributed by atoms with Crippen molar-refractivity contribution < 1.29 is 19.4 Å². The minimum Gasteiger partial charge on any atom is -0.449 e. The van der Waals surface area contributed by atoms with E-state index < -0.39 is 12.2 Å². The Morgan fingerprint density at radius 2 is 2.50 bits per heavy atom. The van der Waals surface area contributed by atoms with Gasteiger partial charge in [-0.3, -0.25) is 9.69 Å². The van der Waals surface area contributed by atoms with E-state index in [1.54, 1.807) is 6.08 Å². The van der Waals surface area contributed by atoms with E-state index in [1.807, 2.05) is 0 Å². The molecule has 2 atom stereocenters. The highest BCUT2D eigenvalue weighted by Crippen LogP contribution is 2.36. The quantitative estimate of drug-likeness (QED) is 0.464. The maximum atomic E-state index is 11.3. The molecule has 0 aromatic carbocycles. The second kappa shape index (κ2) is 3.18. The highest BCUT2D eigenvalue weighted by Gasteiger charge is 2.49. The summed E-state index contributed by atoms with van der Waals surface area (Å²) < 4.78 is 4.46. The molecule has 1 unspecified atom stereocenters. The number of carbonyl (C=O) groups excluding carboxylic acids is 1. The molecule has 2 heterocycles. The molecule has 0 spiro atoms. The van der Waals surface area contributed by atoms with Gasteiger partial charge in [-0.1, -0.05) is 0 Å². The second-order valence-electron chi connectivity index (χ2n) is 2.87. The zero-order chi connectivity index (χ0) is 10.3. The van der Waals surface area contributed by atoms with E-state index in [2.05, 4.69) is 4.74 Å². The number of carboxylic acid groups (broad SMARTS) is 1. The summed E-state index contributed by atoms with van der Waals surface area (Å²) in [4.78, 5) is 22.8. The minimum atomic E-state index is -1.42. The summed E-state index contributed by atoms with van der Waals surface area (Å²) in [6.45, 7) is 0. The smallest absolute Gasteiger partial charge is 0.449 e. The molecule has 2 aliphatic heterocycles. The fourth-order valence-electron chi connectivity index (χ4n) is 1.40. The van der Waals surface area contributed by atoms with E-state index in [1.165, 1.54) is 16.7 Å². The predicted molar refractivity (Wildman–Crippen MR) is 48.3 cm³/mol. The molecule has 1 amide bonds.